The third kappa shape index (κ3) is 3.36. The zero-order valence-corrected chi connectivity index (χ0v) is 12.1. The van der Waals surface area contributed by atoms with Gasteiger partial charge in [0.2, 0.25) is 5.88 Å². The highest BCUT2D eigenvalue weighted by Gasteiger charge is 2.05. The lowest BCUT2D eigenvalue weighted by atomic mass is 9.99. The van der Waals surface area contributed by atoms with Crippen molar-refractivity contribution >= 4 is 0 Å². The number of hydrogen-bond acceptors (Lipinski definition) is 3. The maximum Gasteiger partial charge on any atom is 0.220 e. The largest absolute Gasteiger partial charge is 0.439 e. The molecule has 0 spiro atoms. The molecule has 3 nitrogen and oxygen atoms in total. The summed E-state index contributed by atoms with van der Waals surface area (Å²) < 4.78 is 5.71. The second-order valence-corrected chi connectivity index (χ2v) is 4.93. The maximum atomic E-state index is 8.94. The van der Waals surface area contributed by atoms with Gasteiger partial charge in [0.15, 0.2) is 0 Å². The van der Waals surface area contributed by atoms with Crippen LogP contribution < -0.4 is 4.74 Å². The minimum Gasteiger partial charge on any atom is -0.439 e. The van der Waals surface area contributed by atoms with E-state index in [2.05, 4.69) is 37.0 Å². The van der Waals surface area contributed by atoms with Crippen LogP contribution in [0.1, 0.15) is 43.0 Å². The minimum absolute atomic E-state index is 0.456. The Morgan fingerprint density at radius 2 is 1.95 bits per heavy atom. The van der Waals surface area contributed by atoms with Gasteiger partial charge in [-0.05, 0) is 43.0 Å². The Hall–Kier alpha value is -2.34. The summed E-state index contributed by atoms with van der Waals surface area (Å²) in [5.74, 6) is 1.74. The van der Waals surface area contributed by atoms with E-state index >= 15 is 0 Å². The third-order valence-corrected chi connectivity index (χ3v) is 3.34. The van der Waals surface area contributed by atoms with Gasteiger partial charge in [0.25, 0.3) is 0 Å². The number of rotatable bonds is 4. The highest BCUT2D eigenvalue weighted by molar-refractivity contribution is 5.37. The lowest BCUT2D eigenvalue weighted by Gasteiger charge is -2.10. The van der Waals surface area contributed by atoms with Crippen LogP contribution in [0.5, 0.6) is 11.6 Å². The molecule has 0 saturated carbocycles. The van der Waals surface area contributed by atoms with Crippen molar-refractivity contribution in [3.8, 4) is 17.7 Å². The molecular formula is C17H18N2O. The van der Waals surface area contributed by atoms with Crippen LogP contribution in [0.25, 0.3) is 0 Å². The Bertz CT molecular complexity index is 626. The Morgan fingerprint density at radius 1 is 1.25 bits per heavy atom. The van der Waals surface area contributed by atoms with Crippen molar-refractivity contribution in [3.05, 3.63) is 53.2 Å². The molecule has 3 heteroatoms. The van der Waals surface area contributed by atoms with Crippen molar-refractivity contribution in [2.45, 2.75) is 33.1 Å². The summed E-state index contributed by atoms with van der Waals surface area (Å²) in [6.07, 6.45) is 1.12. The molecule has 1 unspecified atom stereocenters. The summed E-state index contributed by atoms with van der Waals surface area (Å²) in [5.41, 5.74) is 2.63. The summed E-state index contributed by atoms with van der Waals surface area (Å²) in [6, 6.07) is 13.5. The molecule has 0 aliphatic rings. The first kappa shape index (κ1) is 14.1. The first-order valence-corrected chi connectivity index (χ1v) is 6.79. The fraction of sp³-hybridized carbons (Fsp3) is 0.294. The van der Waals surface area contributed by atoms with Gasteiger partial charge in [-0.3, -0.25) is 0 Å². The van der Waals surface area contributed by atoms with Crippen LogP contribution in [0.3, 0.4) is 0 Å². The number of aryl methyl sites for hydroxylation is 1. The van der Waals surface area contributed by atoms with E-state index in [0.29, 0.717) is 17.4 Å². The van der Waals surface area contributed by atoms with Crippen LogP contribution in [0.4, 0.5) is 0 Å². The molecule has 0 radical (unpaired) electrons. The Labute approximate surface area is 119 Å². The van der Waals surface area contributed by atoms with Crippen LogP contribution in [-0.4, -0.2) is 4.98 Å². The molecule has 0 aliphatic heterocycles. The molecule has 0 N–H and O–H groups in total. The number of nitrogens with zero attached hydrogens (tertiary/aromatic N) is 2. The smallest absolute Gasteiger partial charge is 0.220 e. The van der Waals surface area contributed by atoms with E-state index in [0.717, 1.165) is 17.9 Å². The number of nitriles is 1. The van der Waals surface area contributed by atoms with E-state index < -0.39 is 0 Å². The van der Waals surface area contributed by atoms with Gasteiger partial charge in [0.05, 0.1) is 11.6 Å². The number of ether oxygens (including phenoxy) is 1. The minimum atomic E-state index is 0.456. The monoisotopic (exact) mass is 266 g/mol. The second kappa shape index (κ2) is 6.21. The Kier molecular flexibility index (Phi) is 4.37. The summed E-state index contributed by atoms with van der Waals surface area (Å²) >= 11 is 0. The molecule has 0 bridgehead atoms. The zero-order valence-electron chi connectivity index (χ0n) is 12.1. The quantitative estimate of drug-likeness (QED) is 0.814. The summed E-state index contributed by atoms with van der Waals surface area (Å²) in [6.45, 7) is 6.23. The average Bonchev–Trinajstić information content (AvgIpc) is 2.46. The van der Waals surface area contributed by atoms with E-state index in [1.165, 1.54) is 5.56 Å². The molecule has 1 heterocycles. The number of pyridine rings is 1. The normalized spacial score (nSPS) is 11.7. The zero-order chi connectivity index (χ0) is 14.5. The van der Waals surface area contributed by atoms with Crippen LogP contribution in [0.2, 0.25) is 0 Å². The standard InChI is InChI=1S/C17H18N2O/c1-4-12(2)15-5-7-16(8-6-15)20-17-10-14(11-18)9-13(3)19-17/h5-10,12H,4H2,1-3H3. The maximum absolute atomic E-state index is 8.94. The average molecular weight is 266 g/mol. The van der Waals surface area contributed by atoms with E-state index in [-0.39, 0.29) is 0 Å². The van der Waals surface area contributed by atoms with E-state index in [1.807, 2.05) is 19.1 Å². The van der Waals surface area contributed by atoms with Gasteiger partial charge < -0.3 is 4.74 Å². The van der Waals surface area contributed by atoms with Crippen molar-refractivity contribution in [3.63, 3.8) is 0 Å². The molecule has 2 rings (SSSR count). The lowest BCUT2D eigenvalue weighted by molar-refractivity contribution is 0.461. The van der Waals surface area contributed by atoms with Crippen LogP contribution in [0.15, 0.2) is 36.4 Å². The number of hydrogen-bond donors (Lipinski definition) is 0. The van der Waals surface area contributed by atoms with Crippen molar-refractivity contribution in [2.75, 3.05) is 0 Å². The van der Waals surface area contributed by atoms with Gasteiger partial charge >= 0.3 is 0 Å². The van der Waals surface area contributed by atoms with E-state index in [9.17, 15) is 0 Å². The van der Waals surface area contributed by atoms with E-state index in [1.54, 1.807) is 12.1 Å². The molecule has 0 fully saturated rings. The van der Waals surface area contributed by atoms with Gasteiger partial charge in [-0.25, -0.2) is 4.98 Å². The second-order valence-electron chi connectivity index (χ2n) is 4.93. The topological polar surface area (TPSA) is 45.9 Å². The van der Waals surface area contributed by atoms with Crippen molar-refractivity contribution in [1.82, 2.24) is 4.98 Å². The first-order chi connectivity index (χ1) is 9.62. The van der Waals surface area contributed by atoms with Crippen LogP contribution >= 0.6 is 0 Å². The summed E-state index contributed by atoms with van der Waals surface area (Å²) in [7, 11) is 0. The molecule has 1 aromatic heterocycles. The highest BCUT2D eigenvalue weighted by atomic mass is 16.5. The van der Waals surface area contributed by atoms with Gasteiger partial charge in [0, 0.05) is 11.8 Å². The predicted molar refractivity (Wildman–Crippen MR) is 78.9 cm³/mol. The van der Waals surface area contributed by atoms with Gasteiger partial charge in [0.1, 0.15) is 5.75 Å². The molecule has 0 amide bonds. The summed E-state index contributed by atoms with van der Waals surface area (Å²) in [4.78, 5) is 4.28. The molecule has 102 valence electrons. The fourth-order valence-electron chi connectivity index (χ4n) is 1.98. The molecule has 0 aliphatic carbocycles. The molecule has 0 saturated heterocycles. The van der Waals surface area contributed by atoms with Gasteiger partial charge in [-0.1, -0.05) is 26.0 Å². The molecule has 2 aromatic rings. The Morgan fingerprint density at radius 3 is 2.55 bits per heavy atom. The predicted octanol–water partition coefficient (Wildman–Crippen LogP) is 4.57. The Balaban J connectivity index is 2.18. The lowest BCUT2D eigenvalue weighted by Crippen LogP contribution is -1.93. The highest BCUT2D eigenvalue weighted by Crippen LogP contribution is 2.25. The van der Waals surface area contributed by atoms with Crippen molar-refractivity contribution in [1.29, 1.82) is 5.26 Å². The first-order valence-electron chi connectivity index (χ1n) is 6.79. The molecule has 20 heavy (non-hydrogen) atoms. The molecular weight excluding hydrogens is 248 g/mol. The van der Waals surface area contributed by atoms with Crippen LogP contribution in [-0.2, 0) is 0 Å². The SMILES string of the molecule is CCC(C)c1ccc(Oc2cc(C#N)cc(C)n2)cc1. The van der Waals surface area contributed by atoms with Crippen LogP contribution in [0, 0.1) is 18.3 Å². The number of aromatic nitrogens is 1. The molecule has 1 aromatic carbocycles. The summed E-state index contributed by atoms with van der Waals surface area (Å²) in [5, 5.41) is 8.94. The van der Waals surface area contributed by atoms with Gasteiger partial charge in [-0.2, -0.15) is 5.26 Å². The van der Waals surface area contributed by atoms with E-state index in [4.69, 9.17) is 10.00 Å². The molecule has 1 atom stereocenters. The van der Waals surface area contributed by atoms with Gasteiger partial charge in [-0.15, -0.1) is 0 Å². The fourth-order valence-corrected chi connectivity index (χ4v) is 1.98. The van der Waals surface area contributed by atoms with Crippen molar-refractivity contribution < 1.29 is 4.74 Å². The third-order valence-electron chi connectivity index (χ3n) is 3.34. The number of benzene rings is 1. The van der Waals surface area contributed by atoms with Crippen molar-refractivity contribution in [2.24, 2.45) is 0 Å².